The summed E-state index contributed by atoms with van der Waals surface area (Å²) in [5.74, 6) is 2.02. The Balaban J connectivity index is 1.56. The zero-order valence-electron chi connectivity index (χ0n) is 17.5. The number of carbonyl (C=O) groups is 1. The van der Waals surface area contributed by atoms with Gasteiger partial charge >= 0.3 is 0 Å². The smallest absolute Gasteiger partial charge is 0.289 e. The van der Waals surface area contributed by atoms with Gasteiger partial charge in [-0.2, -0.15) is 0 Å². The lowest BCUT2D eigenvalue weighted by Crippen LogP contribution is -2.39. The molecule has 0 aliphatic carbocycles. The number of aryl methyl sites for hydroxylation is 2. The maximum Gasteiger partial charge on any atom is 0.289 e. The van der Waals surface area contributed by atoms with E-state index in [0.717, 1.165) is 40.4 Å². The fraction of sp³-hybridized carbons (Fsp3) is 0.524. The third-order valence-corrected chi connectivity index (χ3v) is 6.07. The minimum absolute atomic E-state index is 0.0528. The summed E-state index contributed by atoms with van der Waals surface area (Å²) < 4.78 is 15.5. The molecule has 154 valence electrons. The molecule has 0 radical (unpaired) electrons. The molecule has 1 fully saturated rings. The van der Waals surface area contributed by atoms with Crippen LogP contribution in [0.4, 0.5) is 0 Å². The Morgan fingerprint density at radius 2 is 2.07 bits per heavy atom. The fourth-order valence-corrected chi connectivity index (χ4v) is 4.40. The van der Waals surface area contributed by atoms with Gasteiger partial charge < -0.3 is 13.8 Å². The second-order valence-electron chi connectivity index (χ2n) is 8.78. The molecule has 0 bridgehead atoms. The highest BCUT2D eigenvalue weighted by Gasteiger charge is 2.32. The topological polar surface area (TPSA) is 85.3 Å². The van der Waals surface area contributed by atoms with E-state index < -0.39 is 0 Å². The van der Waals surface area contributed by atoms with Crippen LogP contribution in [0.25, 0.3) is 10.6 Å². The predicted molar refractivity (Wildman–Crippen MR) is 110 cm³/mol. The van der Waals surface area contributed by atoms with Gasteiger partial charge in [-0.25, -0.2) is 0 Å². The number of nitrogens with zero attached hydrogens (tertiary/aromatic N) is 4. The van der Waals surface area contributed by atoms with Crippen molar-refractivity contribution in [2.24, 2.45) is 0 Å². The first-order chi connectivity index (χ1) is 13.7. The maximum absolute atomic E-state index is 13.2. The molecule has 0 spiro atoms. The van der Waals surface area contributed by atoms with Crippen molar-refractivity contribution in [1.29, 1.82) is 0 Å². The molecule has 0 aromatic carbocycles. The van der Waals surface area contributed by atoms with Gasteiger partial charge in [-0.05, 0) is 44.3 Å². The lowest BCUT2D eigenvalue weighted by Gasteiger charge is -2.31. The fourth-order valence-electron chi connectivity index (χ4n) is 3.70. The third kappa shape index (κ3) is 3.85. The number of piperidine rings is 1. The van der Waals surface area contributed by atoms with Gasteiger partial charge in [-0.15, -0.1) is 5.10 Å². The number of rotatable bonds is 3. The molecule has 1 atom stereocenters. The monoisotopic (exact) mass is 414 g/mol. The van der Waals surface area contributed by atoms with Crippen molar-refractivity contribution < 1.29 is 13.7 Å². The summed E-state index contributed by atoms with van der Waals surface area (Å²) in [5.41, 5.74) is 2.46. The Morgan fingerprint density at radius 3 is 2.72 bits per heavy atom. The van der Waals surface area contributed by atoms with Crippen molar-refractivity contribution in [2.45, 2.75) is 58.8 Å². The zero-order chi connectivity index (χ0) is 20.8. The van der Waals surface area contributed by atoms with E-state index in [1.807, 2.05) is 30.9 Å². The summed E-state index contributed by atoms with van der Waals surface area (Å²) in [6, 6.07) is 3.87. The number of likely N-dealkylation sites (tertiary alicyclic amines) is 1. The molecule has 0 N–H and O–H groups in total. The van der Waals surface area contributed by atoms with Gasteiger partial charge in [0, 0.05) is 36.1 Å². The van der Waals surface area contributed by atoms with E-state index in [9.17, 15) is 4.79 Å². The van der Waals surface area contributed by atoms with Gasteiger partial charge in [0.15, 0.2) is 11.5 Å². The van der Waals surface area contributed by atoms with Crippen molar-refractivity contribution in [1.82, 2.24) is 19.6 Å². The van der Waals surface area contributed by atoms with Crippen molar-refractivity contribution >= 4 is 17.4 Å². The molecule has 1 aliphatic heterocycles. The highest BCUT2D eigenvalue weighted by molar-refractivity contribution is 7.09. The van der Waals surface area contributed by atoms with Crippen LogP contribution in [0.5, 0.6) is 0 Å². The first kappa shape index (κ1) is 19.8. The van der Waals surface area contributed by atoms with E-state index in [1.165, 1.54) is 11.5 Å². The molecular formula is C21H26N4O3S. The van der Waals surface area contributed by atoms with E-state index in [4.69, 9.17) is 8.94 Å². The Morgan fingerprint density at radius 1 is 1.28 bits per heavy atom. The van der Waals surface area contributed by atoms with Gasteiger partial charge in [-0.3, -0.25) is 4.79 Å². The summed E-state index contributed by atoms with van der Waals surface area (Å²) in [5, 5.41) is 8.34. The summed E-state index contributed by atoms with van der Waals surface area (Å²) >= 11 is 1.31. The van der Waals surface area contributed by atoms with Gasteiger partial charge in [0.05, 0.1) is 11.4 Å². The molecule has 7 nitrogen and oxygen atoms in total. The minimum atomic E-state index is -0.135. The van der Waals surface area contributed by atoms with Gasteiger partial charge in [0.2, 0.25) is 0 Å². The molecule has 3 aromatic heterocycles. The number of hydrogen-bond acceptors (Lipinski definition) is 7. The van der Waals surface area contributed by atoms with Crippen LogP contribution in [0.15, 0.2) is 21.1 Å². The van der Waals surface area contributed by atoms with Gasteiger partial charge in [0.25, 0.3) is 5.91 Å². The predicted octanol–water partition coefficient (Wildman–Crippen LogP) is 4.72. The Bertz CT molecular complexity index is 1030. The lowest BCUT2D eigenvalue weighted by atomic mass is 9.93. The van der Waals surface area contributed by atoms with E-state index in [1.54, 1.807) is 0 Å². The SMILES string of the molecule is Cc1cc(-c2snnc2[C@H]2CCCN(C(=O)c3oc(C(C)(C)C)cc3C)C2)on1. The van der Waals surface area contributed by atoms with Gasteiger partial charge in [-0.1, -0.05) is 30.4 Å². The first-order valence-electron chi connectivity index (χ1n) is 9.90. The van der Waals surface area contributed by atoms with E-state index in [2.05, 4.69) is 35.5 Å². The molecule has 0 saturated carbocycles. The highest BCUT2D eigenvalue weighted by Crippen LogP contribution is 2.36. The molecule has 1 saturated heterocycles. The second-order valence-corrected chi connectivity index (χ2v) is 9.54. The van der Waals surface area contributed by atoms with E-state index in [0.29, 0.717) is 24.6 Å². The van der Waals surface area contributed by atoms with Crippen LogP contribution in [-0.4, -0.2) is 38.6 Å². The molecule has 8 heteroatoms. The highest BCUT2D eigenvalue weighted by atomic mass is 32.1. The van der Waals surface area contributed by atoms with Crippen LogP contribution in [0.3, 0.4) is 0 Å². The second kappa shape index (κ2) is 7.40. The van der Waals surface area contributed by atoms with Crippen molar-refractivity contribution in [3.63, 3.8) is 0 Å². The summed E-state index contributed by atoms with van der Waals surface area (Å²) in [6.07, 6.45) is 1.87. The largest absolute Gasteiger partial charge is 0.455 e. The van der Waals surface area contributed by atoms with Crippen LogP contribution >= 0.6 is 11.5 Å². The minimum Gasteiger partial charge on any atom is -0.455 e. The maximum atomic E-state index is 13.2. The van der Waals surface area contributed by atoms with Crippen LogP contribution < -0.4 is 0 Å². The van der Waals surface area contributed by atoms with Crippen molar-refractivity contribution in [3.8, 4) is 10.6 Å². The Kier molecular flexibility index (Phi) is 5.06. The van der Waals surface area contributed by atoms with E-state index >= 15 is 0 Å². The van der Waals surface area contributed by atoms with E-state index in [-0.39, 0.29) is 17.2 Å². The average Bonchev–Trinajstić information content (AvgIpc) is 3.39. The summed E-state index contributed by atoms with van der Waals surface area (Å²) in [6.45, 7) is 11.4. The quantitative estimate of drug-likeness (QED) is 0.616. The summed E-state index contributed by atoms with van der Waals surface area (Å²) in [7, 11) is 0. The molecule has 0 unspecified atom stereocenters. The molecule has 4 rings (SSSR count). The number of aromatic nitrogens is 3. The van der Waals surface area contributed by atoms with Gasteiger partial charge in [0.1, 0.15) is 10.6 Å². The average molecular weight is 415 g/mol. The van der Waals surface area contributed by atoms with Crippen molar-refractivity contribution in [3.05, 3.63) is 40.6 Å². The number of carbonyl (C=O) groups excluding carboxylic acids is 1. The zero-order valence-corrected chi connectivity index (χ0v) is 18.3. The van der Waals surface area contributed by atoms with Crippen LogP contribution in [0, 0.1) is 13.8 Å². The van der Waals surface area contributed by atoms with Crippen LogP contribution in [0.1, 0.15) is 72.8 Å². The number of amides is 1. The third-order valence-electron chi connectivity index (χ3n) is 5.31. The molecule has 3 aromatic rings. The molecule has 29 heavy (non-hydrogen) atoms. The summed E-state index contributed by atoms with van der Waals surface area (Å²) in [4.78, 5) is 16.0. The number of furan rings is 1. The molecule has 4 heterocycles. The van der Waals surface area contributed by atoms with Crippen LogP contribution in [0.2, 0.25) is 0 Å². The molecule has 1 amide bonds. The Hall–Kier alpha value is -2.48. The number of hydrogen-bond donors (Lipinski definition) is 0. The Labute approximate surface area is 174 Å². The normalized spacial score (nSPS) is 17.7. The lowest BCUT2D eigenvalue weighted by molar-refractivity contribution is 0.0669. The van der Waals surface area contributed by atoms with Crippen molar-refractivity contribution in [2.75, 3.05) is 13.1 Å². The molecular weight excluding hydrogens is 388 g/mol. The standard InChI is InChI=1S/C21H26N4O3S/c1-12-9-16(21(3,4)5)27-18(12)20(26)25-8-6-7-14(11-25)17-19(29-24-22-17)15-10-13(2)23-28-15/h9-10,14H,6-8,11H2,1-5H3/t14-/m0/s1. The molecule has 1 aliphatic rings. The first-order valence-corrected chi connectivity index (χ1v) is 10.7. The van der Waals surface area contributed by atoms with Crippen LogP contribution in [-0.2, 0) is 5.41 Å².